The SMILES string of the molecule is COc1ccc(-c2cc(=O)c3c(O)cc4c(c3o2)C(c2ccnc3ccccc23)CC(=O)O4)cc1O. The molecule has 1 aliphatic rings. The number of ether oxygens (including phenoxy) is 2. The molecule has 1 aliphatic heterocycles. The summed E-state index contributed by atoms with van der Waals surface area (Å²) in [4.78, 5) is 30.2. The van der Waals surface area contributed by atoms with E-state index in [0.29, 0.717) is 11.1 Å². The van der Waals surface area contributed by atoms with Crippen molar-refractivity contribution in [2.75, 3.05) is 7.11 Å². The topological polar surface area (TPSA) is 119 Å². The van der Waals surface area contributed by atoms with Crippen molar-refractivity contribution < 1.29 is 28.9 Å². The molecule has 8 heteroatoms. The molecule has 1 atom stereocenters. The van der Waals surface area contributed by atoms with Crippen molar-refractivity contribution in [3.8, 4) is 34.3 Å². The number of aromatic hydroxyl groups is 2. The molecule has 5 aromatic rings. The Morgan fingerprint density at radius 1 is 1.00 bits per heavy atom. The van der Waals surface area contributed by atoms with E-state index in [4.69, 9.17) is 13.9 Å². The number of fused-ring (bicyclic) bond motifs is 4. The third-order valence-corrected chi connectivity index (χ3v) is 6.45. The smallest absolute Gasteiger partial charge is 0.312 e. The van der Waals surface area contributed by atoms with Crippen LogP contribution in [0.25, 0.3) is 33.2 Å². The average molecular weight is 481 g/mol. The van der Waals surface area contributed by atoms with Gasteiger partial charge in [-0.05, 0) is 35.9 Å². The Balaban J connectivity index is 1.65. The highest BCUT2D eigenvalue weighted by atomic mass is 16.5. The van der Waals surface area contributed by atoms with Crippen LogP contribution in [0.2, 0.25) is 0 Å². The summed E-state index contributed by atoms with van der Waals surface area (Å²) in [6.07, 6.45) is 1.68. The molecule has 8 nitrogen and oxygen atoms in total. The maximum absolute atomic E-state index is 13.2. The normalized spacial score (nSPS) is 15.0. The predicted molar refractivity (Wildman–Crippen MR) is 132 cm³/mol. The number of phenolic OH excluding ortho intramolecular Hbond substituents is 2. The quantitative estimate of drug-likeness (QED) is 0.277. The summed E-state index contributed by atoms with van der Waals surface area (Å²) in [7, 11) is 1.43. The standard InChI is InChI=1S/C28H19NO7/c1-34-22-7-6-14(10-19(22)30)23-12-20(31)27-21(32)13-24-26(28(27)36-23)17(11-25(33)35-24)15-8-9-29-18-5-3-2-4-16(15)18/h2-10,12-13,17,30,32H,11H2,1H3. The molecular weight excluding hydrogens is 462 g/mol. The van der Waals surface area contributed by atoms with Crippen molar-refractivity contribution in [1.29, 1.82) is 0 Å². The second kappa shape index (κ2) is 8.13. The van der Waals surface area contributed by atoms with Crippen LogP contribution in [0.4, 0.5) is 0 Å². The summed E-state index contributed by atoms with van der Waals surface area (Å²) in [6, 6.07) is 16.5. The van der Waals surface area contributed by atoms with Crippen LogP contribution in [0.3, 0.4) is 0 Å². The number of esters is 1. The fourth-order valence-corrected chi connectivity index (χ4v) is 4.83. The molecule has 0 saturated heterocycles. The van der Waals surface area contributed by atoms with Crippen LogP contribution in [-0.2, 0) is 4.79 Å². The molecule has 6 rings (SSSR count). The summed E-state index contributed by atoms with van der Waals surface area (Å²) in [6.45, 7) is 0. The predicted octanol–water partition coefficient (Wildman–Crippen LogP) is 4.87. The molecule has 0 bridgehead atoms. The molecular formula is C28H19NO7. The van der Waals surface area contributed by atoms with E-state index in [1.165, 1.54) is 25.3 Å². The average Bonchev–Trinajstić information content (AvgIpc) is 2.87. The minimum Gasteiger partial charge on any atom is -0.507 e. The maximum Gasteiger partial charge on any atom is 0.312 e. The van der Waals surface area contributed by atoms with Crippen LogP contribution >= 0.6 is 0 Å². The Labute approximate surface area is 204 Å². The highest BCUT2D eigenvalue weighted by Crippen LogP contribution is 2.47. The number of carbonyl (C=O) groups is 1. The van der Waals surface area contributed by atoms with Crippen LogP contribution in [-0.4, -0.2) is 28.3 Å². The van der Waals surface area contributed by atoms with Crippen LogP contribution in [0.15, 0.2) is 76.1 Å². The van der Waals surface area contributed by atoms with Gasteiger partial charge < -0.3 is 24.1 Å². The number of phenols is 2. The molecule has 0 fully saturated rings. The monoisotopic (exact) mass is 481 g/mol. The van der Waals surface area contributed by atoms with E-state index < -0.39 is 17.3 Å². The van der Waals surface area contributed by atoms with Gasteiger partial charge in [-0.1, -0.05) is 18.2 Å². The van der Waals surface area contributed by atoms with Gasteiger partial charge in [0.1, 0.15) is 28.2 Å². The number of aromatic nitrogens is 1. The van der Waals surface area contributed by atoms with E-state index in [1.807, 2.05) is 30.3 Å². The Hall–Kier alpha value is -4.85. The van der Waals surface area contributed by atoms with Crippen LogP contribution in [0.5, 0.6) is 23.0 Å². The van der Waals surface area contributed by atoms with E-state index in [1.54, 1.807) is 18.3 Å². The van der Waals surface area contributed by atoms with E-state index in [-0.39, 0.29) is 46.1 Å². The zero-order valence-corrected chi connectivity index (χ0v) is 19.0. The summed E-state index contributed by atoms with van der Waals surface area (Å²) in [5.74, 6) is -0.881. The first-order valence-corrected chi connectivity index (χ1v) is 11.2. The van der Waals surface area contributed by atoms with Crippen LogP contribution in [0, 0.1) is 0 Å². The summed E-state index contributed by atoms with van der Waals surface area (Å²) >= 11 is 0. The van der Waals surface area contributed by atoms with Gasteiger partial charge in [0.25, 0.3) is 0 Å². The van der Waals surface area contributed by atoms with Crippen LogP contribution in [0.1, 0.15) is 23.5 Å². The van der Waals surface area contributed by atoms with Gasteiger partial charge in [0.2, 0.25) is 0 Å². The third kappa shape index (κ3) is 3.34. The van der Waals surface area contributed by atoms with E-state index in [2.05, 4.69) is 4.98 Å². The van der Waals surface area contributed by atoms with Crippen molar-refractivity contribution in [1.82, 2.24) is 4.98 Å². The summed E-state index contributed by atoms with van der Waals surface area (Å²) in [5.41, 5.74) is 2.13. The second-order valence-electron chi connectivity index (χ2n) is 8.52. The van der Waals surface area contributed by atoms with Crippen LogP contribution < -0.4 is 14.9 Å². The van der Waals surface area contributed by atoms with Gasteiger partial charge in [0.15, 0.2) is 16.9 Å². The zero-order chi connectivity index (χ0) is 25.0. The summed E-state index contributed by atoms with van der Waals surface area (Å²) in [5, 5.41) is 21.8. The zero-order valence-electron chi connectivity index (χ0n) is 19.0. The molecule has 2 aromatic heterocycles. The lowest BCUT2D eigenvalue weighted by Gasteiger charge is -2.26. The van der Waals surface area contributed by atoms with E-state index in [9.17, 15) is 19.8 Å². The van der Waals surface area contributed by atoms with Gasteiger partial charge in [0, 0.05) is 40.8 Å². The van der Waals surface area contributed by atoms with E-state index in [0.717, 1.165) is 16.5 Å². The van der Waals surface area contributed by atoms with E-state index >= 15 is 0 Å². The van der Waals surface area contributed by atoms with Gasteiger partial charge in [-0.2, -0.15) is 0 Å². The Morgan fingerprint density at radius 2 is 1.83 bits per heavy atom. The lowest BCUT2D eigenvalue weighted by molar-refractivity contribution is -0.135. The first kappa shape index (κ1) is 21.7. The number of rotatable bonds is 3. The minimum absolute atomic E-state index is 0.0120. The number of hydrogen-bond acceptors (Lipinski definition) is 8. The fraction of sp³-hybridized carbons (Fsp3) is 0.107. The number of methoxy groups -OCH3 is 1. The lowest BCUT2D eigenvalue weighted by Crippen LogP contribution is -2.22. The van der Waals surface area contributed by atoms with Crippen molar-refractivity contribution >= 4 is 27.8 Å². The van der Waals surface area contributed by atoms with Gasteiger partial charge in [-0.15, -0.1) is 0 Å². The molecule has 36 heavy (non-hydrogen) atoms. The maximum atomic E-state index is 13.2. The molecule has 0 saturated carbocycles. The third-order valence-electron chi connectivity index (χ3n) is 6.45. The summed E-state index contributed by atoms with van der Waals surface area (Å²) < 4.78 is 16.8. The number of carbonyl (C=O) groups excluding carboxylic acids is 1. The lowest BCUT2D eigenvalue weighted by atomic mass is 9.83. The molecule has 3 aromatic carbocycles. The van der Waals surface area contributed by atoms with Crippen molar-refractivity contribution in [3.05, 3.63) is 88.2 Å². The molecule has 3 heterocycles. The molecule has 178 valence electrons. The van der Waals surface area contributed by atoms with Gasteiger partial charge in [0.05, 0.1) is 19.0 Å². The molecule has 2 N–H and O–H groups in total. The van der Waals surface area contributed by atoms with Gasteiger partial charge in [-0.3, -0.25) is 14.6 Å². The molecule has 0 radical (unpaired) electrons. The Kier molecular flexibility index (Phi) is 4.89. The molecule has 0 aliphatic carbocycles. The first-order valence-electron chi connectivity index (χ1n) is 11.2. The molecule has 0 spiro atoms. The van der Waals surface area contributed by atoms with Crippen molar-refractivity contribution in [2.45, 2.75) is 12.3 Å². The number of benzene rings is 3. The highest BCUT2D eigenvalue weighted by Gasteiger charge is 2.34. The Bertz CT molecular complexity index is 1750. The van der Waals surface area contributed by atoms with Crippen molar-refractivity contribution in [3.63, 3.8) is 0 Å². The second-order valence-corrected chi connectivity index (χ2v) is 8.52. The molecule has 1 unspecified atom stereocenters. The number of para-hydroxylation sites is 1. The minimum atomic E-state index is -0.514. The largest absolute Gasteiger partial charge is 0.507 e. The number of nitrogens with zero attached hydrogens (tertiary/aromatic N) is 1. The van der Waals surface area contributed by atoms with Gasteiger partial charge >= 0.3 is 5.97 Å². The number of hydrogen-bond donors (Lipinski definition) is 2. The number of pyridine rings is 1. The first-order chi connectivity index (χ1) is 17.4. The fourth-order valence-electron chi connectivity index (χ4n) is 4.83. The van der Waals surface area contributed by atoms with Crippen molar-refractivity contribution in [2.24, 2.45) is 0 Å². The van der Waals surface area contributed by atoms with Gasteiger partial charge in [-0.25, -0.2) is 0 Å². The Morgan fingerprint density at radius 3 is 2.64 bits per heavy atom. The highest BCUT2D eigenvalue weighted by molar-refractivity contribution is 5.94. The molecule has 0 amide bonds.